The summed E-state index contributed by atoms with van der Waals surface area (Å²) in [4.78, 5) is 35.4. The standard InChI is InChI=1S/C14H19N3O4/c1-8(2)17(7-12(15)18)14(21)16-10-5-4-9(3)11(6-10)13(19)20/h4-6,8H,7H2,1-3H3,(H2,15,18)(H,16,21)(H,19,20). The number of nitrogens with two attached hydrogens (primary N) is 1. The summed E-state index contributed by atoms with van der Waals surface area (Å²) >= 11 is 0. The number of hydrogen-bond donors (Lipinski definition) is 3. The first kappa shape index (κ1) is 16.5. The number of aryl methyl sites for hydroxylation is 1. The van der Waals surface area contributed by atoms with Gasteiger partial charge in [0.25, 0.3) is 0 Å². The second-order valence-corrected chi connectivity index (χ2v) is 4.95. The Morgan fingerprint density at radius 2 is 1.95 bits per heavy atom. The molecule has 0 spiro atoms. The molecule has 1 aromatic rings. The SMILES string of the molecule is Cc1ccc(NC(=O)N(CC(N)=O)C(C)C)cc1C(=O)O. The van der Waals surface area contributed by atoms with Crippen LogP contribution in [0.1, 0.15) is 29.8 Å². The van der Waals surface area contributed by atoms with Crippen molar-refractivity contribution in [3.05, 3.63) is 29.3 Å². The Morgan fingerprint density at radius 3 is 2.43 bits per heavy atom. The highest BCUT2D eigenvalue weighted by molar-refractivity contribution is 5.95. The van der Waals surface area contributed by atoms with E-state index in [9.17, 15) is 14.4 Å². The molecule has 3 amide bonds. The molecule has 114 valence electrons. The molecule has 0 unspecified atom stereocenters. The number of carbonyl (C=O) groups is 3. The number of amides is 3. The molecule has 1 rings (SSSR count). The molecule has 0 radical (unpaired) electrons. The van der Waals surface area contributed by atoms with Gasteiger partial charge < -0.3 is 21.1 Å². The Bertz CT molecular complexity index is 569. The number of benzene rings is 1. The van der Waals surface area contributed by atoms with Gasteiger partial charge in [-0.05, 0) is 38.5 Å². The fraction of sp³-hybridized carbons (Fsp3) is 0.357. The van der Waals surface area contributed by atoms with Gasteiger partial charge in [-0.3, -0.25) is 4.79 Å². The van der Waals surface area contributed by atoms with Gasteiger partial charge in [-0.2, -0.15) is 0 Å². The third kappa shape index (κ3) is 4.48. The van der Waals surface area contributed by atoms with Crippen molar-refractivity contribution in [1.82, 2.24) is 4.90 Å². The van der Waals surface area contributed by atoms with Gasteiger partial charge in [0.1, 0.15) is 6.54 Å². The van der Waals surface area contributed by atoms with Crippen LogP contribution in [-0.4, -0.2) is 40.5 Å². The number of nitrogens with one attached hydrogen (secondary N) is 1. The van der Waals surface area contributed by atoms with Gasteiger partial charge in [0.2, 0.25) is 5.91 Å². The highest BCUT2D eigenvalue weighted by Gasteiger charge is 2.19. The predicted octanol–water partition coefficient (Wildman–Crippen LogP) is 1.42. The Balaban J connectivity index is 2.93. The smallest absolute Gasteiger partial charge is 0.336 e. The average Bonchev–Trinajstić information content (AvgIpc) is 2.37. The lowest BCUT2D eigenvalue weighted by Gasteiger charge is -2.25. The van der Waals surface area contributed by atoms with Crippen LogP contribution in [0.15, 0.2) is 18.2 Å². The fourth-order valence-electron chi connectivity index (χ4n) is 1.78. The topological polar surface area (TPSA) is 113 Å². The number of urea groups is 1. The van der Waals surface area contributed by atoms with Gasteiger partial charge in [0.15, 0.2) is 0 Å². The Kier molecular flexibility index (Phi) is 5.29. The van der Waals surface area contributed by atoms with Crippen LogP contribution in [0.4, 0.5) is 10.5 Å². The summed E-state index contributed by atoms with van der Waals surface area (Å²) in [6, 6.07) is 3.85. The molecule has 0 saturated carbocycles. The molecule has 0 saturated heterocycles. The maximum atomic E-state index is 12.1. The third-order valence-electron chi connectivity index (χ3n) is 2.93. The Hall–Kier alpha value is -2.57. The van der Waals surface area contributed by atoms with Crippen molar-refractivity contribution in [3.63, 3.8) is 0 Å². The summed E-state index contributed by atoms with van der Waals surface area (Å²) in [5, 5.41) is 11.6. The summed E-state index contributed by atoms with van der Waals surface area (Å²) in [7, 11) is 0. The minimum Gasteiger partial charge on any atom is -0.478 e. The zero-order valence-electron chi connectivity index (χ0n) is 12.2. The molecule has 7 heteroatoms. The quantitative estimate of drug-likeness (QED) is 0.762. The van der Waals surface area contributed by atoms with Crippen LogP contribution in [0.5, 0.6) is 0 Å². The summed E-state index contributed by atoms with van der Waals surface area (Å²) < 4.78 is 0. The highest BCUT2D eigenvalue weighted by Crippen LogP contribution is 2.16. The Labute approximate surface area is 122 Å². The number of primary amides is 1. The lowest BCUT2D eigenvalue weighted by molar-refractivity contribution is -0.118. The van der Waals surface area contributed by atoms with E-state index in [2.05, 4.69) is 5.32 Å². The first-order valence-electron chi connectivity index (χ1n) is 6.42. The third-order valence-corrected chi connectivity index (χ3v) is 2.93. The van der Waals surface area contributed by atoms with Gasteiger partial charge in [-0.25, -0.2) is 9.59 Å². The molecule has 0 aliphatic carbocycles. The van der Waals surface area contributed by atoms with E-state index in [1.54, 1.807) is 32.9 Å². The van der Waals surface area contributed by atoms with E-state index in [4.69, 9.17) is 10.8 Å². The monoisotopic (exact) mass is 293 g/mol. The van der Waals surface area contributed by atoms with Crippen molar-refractivity contribution >= 4 is 23.6 Å². The van der Waals surface area contributed by atoms with Crippen LogP contribution in [0, 0.1) is 6.92 Å². The molecular weight excluding hydrogens is 274 g/mol. The number of hydrogen-bond acceptors (Lipinski definition) is 3. The maximum Gasteiger partial charge on any atom is 0.336 e. The largest absolute Gasteiger partial charge is 0.478 e. The molecule has 7 nitrogen and oxygen atoms in total. The van der Waals surface area contributed by atoms with Crippen molar-refractivity contribution in [2.45, 2.75) is 26.8 Å². The number of carbonyl (C=O) groups excluding carboxylic acids is 2. The molecule has 1 aromatic carbocycles. The number of anilines is 1. The van der Waals surface area contributed by atoms with Crippen LogP contribution < -0.4 is 11.1 Å². The maximum absolute atomic E-state index is 12.1. The van der Waals surface area contributed by atoms with Crippen molar-refractivity contribution in [1.29, 1.82) is 0 Å². The molecular formula is C14H19N3O4. The predicted molar refractivity (Wildman–Crippen MR) is 78.2 cm³/mol. The van der Waals surface area contributed by atoms with E-state index in [1.165, 1.54) is 11.0 Å². The summed E-state index contributed by atoms with van der Waals surface area (Å²) in [5.74, 6) is -1.68. The lowest BCUT2D eigenvalue weighted by Crippen LogP contribution is -2.45. The number of nitrogens with zero attached hydrogens (tertiary/aromatic N) is 1. The van der Waals surface area contributed by atoms with E-state index in [-0.39, 0.29) is 18.2 Å². The molecule has 0 aliphatic heterocycles. The van der Waals surface area contributed by atoms with Crippen molar-refractivity contribution in [2.24, 2.45) is 5.73 Å². The number of aromatic carboxylic acids is 1. The van der Waals surface area contributed by atoms with E-state index in [0.29, 0.717) is 11.3 Å². The zero-order chi connectivity index (χ0) is 16.2. The van der Waals surface area contributed by atoms with Crippen LogP contribution in [0.2, 0.25) is 0 Å². The average molecular weight is 293 g/mol. The van der Waals surface area contributed by atoms with Crippen LogP contribution >= 0.6 is 0 Å². The van der Waals surface area contributed by atoms with Gasteiger partial charge in [0, 0.05) is 11.7 Å². The van der Waals surface area contributed by atoms with Crippen LogP contribution in [0.25, 0.3) is 0 Å². The molecule has 21 heavy (non-hydrogen) atoms. The minimum atomic E-state index is -1.07. The normalized spacial score (nSPS) is 10.3. The molecule has 0 aromatic heterocycles. The van der Waals surface area contributed by atoms with Crippen molar-refractivity contribution < 1.29 is 19.5 Å². The van der Waals surface area contributed by atoms with Crippen LogP contribution in [0.3, 0.4) is 0 Å². The number of carboxylic acid groups (broad SMARTS) is 1. The van der Waals surface area contributed by atoms with Gasteiger partial charge in [0.05, 0.1) is 5.56 Å². The molecule has 0 aliphatic rings. The second-order valence-electron chi connectivity index (χ2n) is 4.95. The van der Waals surface area contributed by atoms with Gasteiger partial charge >= 0.3 is 12.0 Å². The molecule has 0 atom stereocenters. The molecule has 0 bridgehead atoms. The van der Waals surface area contributed by atoms with E-state index in [0.717, 1.165) is 0 Å². The highest BCUT2D eigenvalue weighted by atomic mass is 16.4. The summed E-state index contributed by atoms with van der Waals surface area (Å²) in [6.45, 7) is 4.96. The van der Waals surface area contributed by atoms with Crippen molar-refractivity contribution in [2.75, 3.05) is 11.9 Å². The number of carboxylic acids is 1. The second kappa shape index (κ2) is 6.74. The lowest BCUT2D eigenvalue weighted by atomic mass is 10.1. The van der Waals surface area contributed by atoms with Gasteiger partial charge in [-0.1, -0.05) is 6.07 Å². The minimum absolute atomic E-state index is 0.110. The summed E-state index contributed by atoms with van der Waals surface area (Å²) in [5.41, 5.74) is 6.16. The molecule has 0 heterocycles. The Morgan fingerprint density at radius 1 is 1.33 bits per heavy atom. The fourth-order valence-corrected chi connectivity index (χ4v) is 1.78. The molecule has 0 fully saturated rings. The van der Waals surface area contributed by atoms with Crippen LogP contribution in [-0.2, 0) is 4.79 Å². The first-order chi connectivity index (χ1) is 9.72. The number of rotatable bonds is 5. The first-order valence-corrected chi connectivity index (χ1v) is 6.42. The zero-order valence-corrected chi connectivity index (χ0v) is 12.2. The van der Waals surface area contributed by atoms with Crippen molar-refractivity contribution in [3.8, 4) is 0 Å². The van der Waals surface area contributed by atoms with E-state index < -0.39 is 17.9 Å². The summed E-state index contributed by atoms with van der Waals surface area (Å²) in [6.07, 6.45) is 0. The van der Waals surface area contributed by atoms with E-state index in [1.807, 2.05) is 0 Å². The van der Waals surface area contributed by atoms with Gasteiger partial charge in [-0.15, -0.1) is 0 Å². The van der Waals surface area contributed by atoms with E-state index >= 15 is 0 Å². The molecule has 4 N–H and O–H groups in total.